The van der Waals surface area contributed by atoms with Crippen LogP contribution in [-0.2, 0) is 3.74 Å². The van der Waals surface area contributed by atoms with Gasteiger partial charge in [-0.15, -0.1) is 0 Å². The van der Waals surface area contributed by atoms with Gasteiger partial charge in [-0.05, 0) is 0 Å². The maximum atomic E-state index is 10.4. The molecule has 1 rings (SSSR count). The van der Waals surface area contributed by atoms with E-state index in [1.807, 2.05) is 0 Å². The van der Waals surface area contributed by atoms with Gasteiger partial charge in [0.2, 0.25) is 0 Å². The van der Waals surface area contributed by atoms with Gasteiger partial charge >= 0.3 is 73.6 Å². The second-order valence-corrected chi connectivity index (χ2v) is 3.49. The molecule has 0 aromatic heterocycles. The molecular formula is C6H6AsNO5. The zero-order chi connectivity index (χ0) is 9.14. The van der Waals surface area contributed by atoms with E-state index in [-0.39, 0.29) is 5.48 Å². The van der Waals surface area contributed by atoms with Crippen molar-refractivity contribution < 1.29 is 19.2 Å². The maximum absolute atomic E-state index is 10.4. The normalized spacial score (nSPS) is 9.23. The van der Waals surface area contributed by atoms with Crippen molar-refractivity contribution in [2.24, 2.45) is 0 Å². The van der Waals surface area contributed by atoms with Crippen molar-refractivity contribution in [1.82, 2.24) is 0 Å². The first-order valence-corrected chi connectivity index (χ1v) is 4.66. The number of aromatic hydroxyl groups is 1. The SMILES string of the molecule is O.O=[As]c1ccc(O)c([N+](=O)[O-])c1. The molecular weight excluding hydrogens is 241 g/mol. The second kappa shape index (κ2) is 4.69. The number of nitrogens with zero attached hydrogens (tertiary/aromatic N) is 1. The van der Waals surface area contributed by atoms with Gasteiger partial charge in [-0.25, -0.2) is 0 Å². The van der Waals surface area contributed by atoms with Crippen LogP contribution in [0.3, 0.4) is 0 Å². The molecule has 0 saturated carbocycles. The molecule has 0 atom stereocenters. The molecule has 6 nitrogen and oxygen atoms in total. The van der Waals surface area contributed by atoms with Crippen molar-refractivity contribution in [2.45, 2.75) is 0 Å². The first-order valence-electron chi connectivity index (χ1n) is 2.96. The molecule has 0 aliphatic rings. The molecule has 1 aromatic carbocycles. The molecule has 0 aliphatic heterocycles. The Bertz CT molecular complexity index is 340. The number of nitro groups is 1. The zero-order valence-electron chi connectivity index (χ0n) is 6.30. The molecule has 0 amide bonds. The summed E-state index contributed by atoms with van der Waals surface area (Å²) >= 11 is -1.28. The third-order valence-corrected chi connectivity index (χ3v) is 2.29. The van der Waals surface area contributed by atoms with Crippen molar-refractivity contribution in [3.8, 4) is 5.75 Å². The minimum absolute atomic E-state index is 0. The molecule has 1 aromatic rings. The summed E-state index contributed by atoms with van der Waals surface area (Å²) in [5.41, 5.74) is -0.404. The summed E-state index contributed by atoms with van der Waals surface area (Å²) in [5.74, 6) is -0.404. The Balaban J connectivity index is 0.00000144. The van der Waals surface area contributed by atoms with Gasteiger partial charge in [-0.2, -0.15) is 0 Å². The molecule has 0 spiro atoms. The average Bonchev–Trinajstić information content (AvgIpc) is 2.05. The summed E-state index contributed by atoms with van der Waals surface area (Å²) in [7, 11) is 0. The molecule has 0 radical (unpaired) electrons. The van der Waals surface area contributed by atoms with Crippen LogP contribution in [0.25, 0.3) is 0 Å². The molecule has 0 heterocycles. The van der Waals surface area contributed by atoms with Crippen LogP contribution in [0.4, 0.5) is 5.69 Å². The van der Waals surface area contributed by atoms with E-state index in [0.717, 1.165) is 6.07 Å². The first-order chi connectivity index (χ1) is 5.65. The third kappa shape index (κ3) is 2.61. The number of rotatable bonds is 2. The monoisotopic (exact) mass is 247 g/mol. The molecule has 7 heteroatoms. The van der Waals surface area contributed by atoms with E-state index >= 15 is 0 Å². The van der Waals surface area contributed by atoms with Crippen LogP contribution < -0.4 is 4.35 Å². The number of phenols is 1. The molecule has 0 saturated heterocycles. The summed E-state index contributed by atoms with van der Waals surface area (Å²) in [5, 5.41) is 19.2. The zero-order valence-corrected chi connectivity index (χ0v) is 8.18. The third-order valence-electron chi connectivity index (χ3n) is 1.26. The van der Waals surface area contributed by atoms with Crippen molar-refractivity contribution in [3.05, 3.63) is 28.3 Å². The molecule has 3 N–H and O–H groups in total. The van der Waals surface area contributed by atoms with Crippen LogP contribution in [0, 0.1) is 10.1 Å². The van der Waals surface area contributed by atoms with Crippen molar-refractivity contribution in [2.75, 3.05) is 0 Å². The van der Waals surface area contributed by atoms with Crippen molar-refractivity contribution >= 4 is 25.7 Å². The van der Waals surface area contributed by atoms with Gasteiger partial charge in [-0.3, -0.25) is 0 Å². The van der Waals surface area contributed by atoms with Gasteiger partial charge in [0, 0.05) is 0 Å². The molecule has 0 unspecified atom stereocenters. The van der Waals surface area contributed by atoms with Crippen LogP contribution >= 0.6 is 0 Å². The fraction of sp³-hybridized carbons (Fsp3) is 0. The quantitative estimate of drug-likeness (QED) is 0.416. The fourth-order valence-corrected chi connectivity index (χ4v) is 1.37. The van der Waals surface area contributed by atoms with E-state index in [9.17, 15) is 13.9 Å². The Kier molecular flexibility index (Phi) is 4.23. The van der Waals surface area contributed by atoms with E-state index in [0.29, 0.717) is 4.35 Å². The number of hydrogen-bond donors (Lipinski definition) is 1. The summed E-state index contributed by atoms with van der Waals surface area (Å²) < 4.78 is 10.8. The first kappa shape index (κ1) is 11.7. The van der Waals surface area contributed by atoms with Crippen molar-refractivity contribution in [3.63, 3.8) is 0 Å². The van der Waals surface area contributed by atoms with Crippen LogP contribution in [0.15, 0.2) is 18.2 Å². The number of benzene rings is 1. The van der Waals surface area contributed by atoms with Gasteiger partial charge in [0.25, 0.3) is 0 Å². The summed E-state index contributed by atoms with van der Waals surface area (Å²) in [4.78, 5) is 9.53. The van der Waals surface area contributed by atoms with Crippen LogP contribution in [0.1, 0.15) is 0 Å². The van der Waals surface area contributed by atoms with Crippen molar-refractivity contribution in [1.29, 1.82) is 0 Å². The molecule has 0 fully saturated rings. The Morgan fingerprint density at radius 3 is 2.54 bits per heavy atom. The van der Waals surface area contributed by atoms with E-state index < -0.39 is 32.1 Å². The van der Waals surface area contributed by atoms with Crippen LogP contribution in [-0.4, -0.2) is 31.2 Å². The van der Waals surface area contributed by atoms with E-state index in [4.69, 9.17) is 5.11 Å². The Hall–Kier alpha value is -1.26. The van der Waals surface area contributed by atoms with Gasteiger partial charge < -0.3 is 5.48 Å². The topological polar surface area (TPSA) is 112 Å². The Labute approximate surface area is 79.6 Å². The number of phenolic OH excluding ortho intramolecular Hbond substituents is 1. The van der Waals surface area contributed by atoms with Gasteiger partial charge in [0.15, 0.2) is 0 Å². The van der Waals surface area contributed by atoms with Crippen LogP contribution in [0.2, 0.25) is 0 Å². The van der Waals surface area contributed by atoms with Gasteiger partial charge in [-0.1, -0.05) is 0 Å². The predicted octanol–water partition coefficient (Wildman–Crippen LogP) is -0.849. The molecule has 0 bridgehead atoms. The second-order valence-electron chi connectivity index (χ2n) is 2.02. The van der Waals surface area contributed by atoms with Gasteiger partial charge in [0.1, 0.15) is 0 Å². The molecule has 13 heavy (non-hydrogen) atoms. The molecule has 70 valence electrons. The Morgan fingerprint density at radius 1 is 1.46 bits per heavy atom. The van der Waals surface area contributed by atoms with E-state index in [1.54, 1.807) is 0 Å². The van der Waals surface area contributed by atoms with E-state index in [1.165, 1.54) is 12.1 Å². The summed E-state index contributed by atoms with van der Waals surface area (Å²) in [6, 6.07) is 3.68. The summed E-state index contributed by atoms with van der Waals surface area (Å²) in [6.45, 7) is 0. The minimum atomic E-state index is -1.28. The molecule has 0 aliphatic carbocycles. The number of nitro benzene ring substituents is 1. The fourth-order valence-electron chi connectivity index (χ4n) is 0.715. The summed E-state index contributed by atoms with van der Waals surface area (Å²) in [6.07, 6.45) is 0. The Morgan fingerprint density at radius 2 is 2.08 bits per heavy atom. The number of hydrogen-bond acceptors (Lipinski definition) is 4. The predicted molar refractivity (Wildman–Crippen MR) is 44.4 cm³/mol. The van der Waals surface area contributed by atoms with Crippen LogP contribution in [0.5, 0.6) is 5.75 Å². The average molecular weight is 247 g/mol. The van der Waals surface area contributed by atoms with Gasteiger partial charge in [0.05, 0.1) is 0 Å². The van der Waals surface area contributed by atoms with E-state index in [2.05, 4.69) is 0 Å². The standard InChI is InChI=1S/C6H4AsNO4.H2O/c9-6-2-1-4(7-10)3-5(6)8(11)12;/h1-3,9H;1H2.